The molecule has 0 fully saturated rings. The van der Waals surface area contributed by atoms with Gasteiger partial charge >= 0.3 is 5.97 Å². The van der Waals surface area contributed by atoms with Gasteiger partial charge in [-0.1, -0.05) is 30.1 Å². The Kier molecular flexibility index (Phi) is 5.59. The Morgan fingerprint density at radius 3 is 2.21 bits per heavy atom. The summed E-state index contributed by atoms with van der Waals surface area (Å²) < 4.78 is 13.5. The lowest BCUT2D eigenvalue weighted by Gasteiger charge is -2.20. The van der Waals surface area contributed by atoms with Gasteiger partial charge in [0, 0.05) is 0 Å². The topological polar surface area (TPSA) is 43.4 Å². The van der Waals surface area contributed by atoms with E-state index in [9.17, 15) is 9.36 Å². The second kappa shape index (κ2) is 5.27. The third kappa shape index (κ3) is 3.79. The molecule has 0 spiro atoms. The van der Waals surface area contributed by atoms with Crippen molar-refractivity contribution in [3.63, 3.8) is 0 Å². The summed E-state index contributed by atoms with van der Waals surface area (Å²) in [5.74, 6) is -5.08. The highest BCUT2D eigenvalue weighted by Crippen LogP contribution is 2.71. The quantitative estimate of drug-likeness (QED) is 0.445. The standard InChI is InChI=1S/C6H9Cl4O3P/c1-3-4(2)13-5(11)6(7,8)14(9,10)12/h4H,3H2,1-2H3. The highest BCUT2D eigenvalue weighted by atomic mass is 35.9. The first kappa shape index (κ1) is 14.9. The average molecular weight is 302 g/mol. The predicted molar refractivity (Wildman–Crippen MR) is 59.6 cm³/mol. The van der Waals surface area contributed by atoms with E-state index in [0.717, 1.165) is 0 Å². The van der Waals surface area contributed by atoms with Gasteiger partial charge in [-0.25, -0.2) is 4.79 Å². The average Bonchev–Trinajstić information content (AvgIpc) is 2.01. The Morgan fingerprint density at radius 1 is 1.50 bits per heavy atom. The molecule has 0 aliphatic carbocycles. The second-order valence-electron chi connectivity index (χ2n) is 2.63. The molecule has 0 aromatic rings. The maximum Gasteiger partial charge on any atom is 0.353 e. The molecule has 0 amide bonds. The molecule has 8 heteroatoms. The van der Waals surface area contributed by atoms with E-state index in [2.05, 4.69) is 0 Å². The lowest BCUT2D eigenvalue weighted by Crippen LogP contribution is -2.28. The maximum atomic E-state index is 11.3. The molecule has 1 atom stereocenters. The number of hydrogen-bond donors (Lipinski definition) is 0. The molecule has 3 nitrogen and oxygen atoms in total. The van der Waals surface area contributed by atoms with Gasteiger partial charge in [-0.2, -0.15) is 0 Å². The van der Waals surface area contributed by atoms with Gasteiger partial charge < -0.3 is 4.74 Å². The summed E-state index contributed by atoms with van der Waals surface area (Å²) in [4.78, 5) is 11.3. The third-order valence-corrected chi connectivity index (χ3v) is 6.59. The maximum absolute atomic E-state index is 11.3. The van der Waals surface area contributed by atoms with Crippen molar-refractivity contribution in [2.24, 2.45) is 0 Å². The number of carbonyl (C=O) groups is 1. The van der Waals surface area contributed by atoms with Gasteiger partial charge in [0.1, 0.15) is 0 Å². The first-order valence-electron chi connectivity index (χ1n) is 3.71. The largest absolute Gasteiger partial charge is 0.460 e. The van der Waals surface area contributed by atoms with Crippen molar-refractivity contribution >= 4 is 57.5 Å². The Hall–Kier alpha value is 0.860. The minimum atomic E-state index is -3.99. The van der Waals surface area contributed by atoms with Crippen molar-refractivity contribution in [3.05, 3.63) is 0 Å². The van der Waals surface area contributed by atoms with E-state index in [1.165, 1.54) is 0 Å². The van der Waals surface area contributed by atoms with Gasteiger partial charge in [-0.05, 0) is 35.8 Å². The van der Waals surface area contributed by atoms with Crippen LogP contribution in [0.4, 0.5) is 0 Å². The Morgan fingerprint density at radius 2 is 1.93 bits per heavy atom. The molecule has 1 unspecified atom stereocenters. The number of ether oxygens (including phenoxy) is 1. The van der Waals surface area contributed by atoms with Crippen LogP contribution in [0.15, 0.2) is 0 Å². The summed E-state index contributed by atoms with van der Waals surface area (Å²) in [5.41, 5.74) is 0. The fourth-order valence-corrected chi connectivity index (χ4v) is 1.21. The van der Waals surface area contributed by atoms with Crippen LogP contribution >= 0.6 is 51.5 Å². The Balaban J connectivity index is 4.61. The molecule has 0 aromatic heterocycles. The molecule has 0 bridgehead atoms. The van der Waals surface area contributed by atoms with Crippen LogP contribution < -0.4 is 0 Å². The summed E-state index contributed by atoms with van der Waals surface area (Å²) in [5, 5.41) is 0. The fourth-order valence-electron chi connectivity index (χ4n) is 0.443. The predicted octanol–water partition coefficient (Wildman–Crippen LogP) is 4.13. The van der Waals surface area contributed by atoms with E-state index >= 15 is 0 Å². The first-order chi connectivity index (χ1) is 6.13. The second-order valence-corrected chi connectivity index (χ2v) is 9.45. The molecule has 0 saturated carbocycles. The fraction of sp³-hybridized carbons (Fsp3) is 0.833. The monoisotopic (exact) mass is 300 g/mol. The summed E-state index contributed by atoms with van der Waals surface area (Å²) in [6.07, 6.45) is 0.184. The third-order valence-electron chi connectivity index (χ3n) is 1.46. The van der Waals surface area contributed by atoms with Crippen LogP contribution in [0.2, 0.25) is 0 Å². The van der Waals surface area contributed by atoms with Crippen LogP contribution in [0.5, 0.6) is 0 Å². The molecule has 0 radical (unpaired) electrons. The van der Waals surface area contributed by atoms with Gasteiger partial charge in [-0.3, -0.25) is 4.57 Å². The van der Waals surface area contributed by atoms with Crippen LogP contribution in [0.1, 0.15) is 20.3 Å². The van der Waals surface area contributed by atoms with E-state index in [4.69, 9.17) is 50.4 Å². The number of esters is 1. The minimum absolute atomic E-state index is 0.390. The normalized spacial score (nSPS) is 15.0. The Bertz CT molecular complexity index is 262. The summed E-state index contributed by atoms with van der Waals surface area (Å²) in [7, 11) is 0. The lowest BCUT2D eigenvalue weighted by atomic mass is 10.3. The van der Waals surface area contributed by atoms with Gasteiger partial charge in [0.2, 0.25) is 0 Å². The van der Waals surface area contributed by atoms with E-state index < -0.39 is 15.9 Å². The van der Waals surface area contributed by atoms with Crippen LogP contribution in [0, 0.1) is 0 Å². The van der Waals surface area contributed by atoms with Crippen molar-refractivity contribution in [2.75, 3.05) is 0 Å². The van der Waals surface area contributed by atoms with Crippen molar-refractivity contribution in [1.29, 1.82) is 0 Å². The van der Waals surface area contributed by atoms with E-state index in [1.54, 1.807) is 13.8 Å². The number of halogens is 4. The van der Waals surface area contributed by atoms with Crippen LogP contribution in [0.25, 0.3) is 0 Å². The number of alkyl halides is 2. The molecule has 0 saturated heterocycles. The summed E-state index contributed by atoms with van der Waals surface area (Å²) >= 11 is 21.3. The van der Waals surface area contributed by atoms with Crippen molar-refractivity contribution in [3.8, 4) is 0 Å². The first-order valence-corrected chi connectivity index (χ1v) is 7.98. The SMILES string of the molecule is CCC(C)OC(=O)C(Cl)(Cl)P(=O)(Cl)Cl. The van der Waals surface area contributed by atoms with Crippen molar-refractivity contribution in [2.45, 2.75) is 30.4 Å². The zero-order valence-corrected chi connectivity index (χ0v) is 11.4. The highest BCUT2D eigenvalue weighted by molar-refractivity contribution is 8.11. The molecule has 14 heavy (non-hydrogen) atoms. The molecule has 0 aliphatic heterocycles. The van der Waals surface area contributed by atoms with Gasteiger partial charge in [-0.15, -0.1) is 0 Å². The summed E-state index contributed by atoms with van der Waals surface area (Å²) in [6.45, 7) is 3.43. The number of carbonyl (C=O) groups excluding carboxylic acids is 1. The molecular formula is C6H9Cl4O3P. The van der Waals surface area contributed by atoms with Crippen LogP contribution in [0.3, 0.4) is 0 Å². The van der Waals surface area contributed by atoms with Crippen molar-refractivity contribution < 1.29 is 14.1 Å². The van der Waals surface area contributed by atoms with E-state index in [1.807, 2.05) is 0 Å². The smallest absolute Gasteiger partial charge is 0.353 e. The number of hydrogen-bond acceptors (Lipinski definition) is 3. The summed E-state index contributed by atoms with van der Waals surface area (Å²) in [6, 6.07) is 0. The molecule has 0 heterocycles. The minimum Gasteiger partial charge on any atom is -0.460 e. The van der Waals surface area contributed by atoms with Crippen LogP contribution in [-0.2, 0) is 14.1 Å². The van der Waals surface area contributed by atoms with E-state index in [-0.39, 0.29) is 6.10 Å². The molecule has 0 aromatic carbocycles. The molecule has 0 N–H and O–H groups in total. The molecule has 0 aliphatic rings. The van der Waals surface area contributed by atoms with Crippen LogP contribution in [-0.4, -0.2) is 16.1 Å². The molecular weight excluding hydrogens is 293 g/mol. The highest BCUT2D eigenvalue weighted by Gasteiger charge is 2.52. The van der Waals surface area contributed by atoms with Gasteiger partial charge in [0.25, 0.3) is 9.92 Å². The van der Waals surface area contributed by atoms with Crippen molar-refractivity contribution in [1.82, 2.24) is 0 Å². The van der Waals surface area contributed by atoms with Gasteiger partial charge in [0.05, 0.1) is 6.10 Å². The number of rotatable bonds is 4. The molecule has 0 rings (SSSR count). The lowest BCUT2D eigenvalue weighted by molar-refractivity contribution is -0.147. The van der Waals surface area contributed by atoms with Gasteiger partial charge in [0.15, 0.2) is 0 Å². The van der Waals surface area contributed by atoms with E-state index in [0.29, 0.717) is 6.42 Å². The zero-order valence-electron chi connectivity index (χ0n) is 7.47. The zero-order chi connectivity index (χ0) is 11.6. The Labute approximate surface area is 102 Å². The molecule has 84 valence electrons.